The predicted octanol–water partition coefficient (Wildman–Crippen LogP) is -0.961. The van der Waals surface area contributed by atoms with Gasteiger partial charge < -0.3 is 15.1 Å². The summed E-state index contributed by atoms with van der Waals surface area (Å²) in [7, 11) is 2.05. The lowest BCUT2D eigenvalue weighted by molar-refractivity contribution is -0.135. The summed E-state index contributed by atoms with van der Waals surface area (Å²) in [5.41, 5.74) is 0. The molecular weight excluding hydrogens is 194 g/mol. The molecule has 2 amide bonds. The van der Waals surface area contributed by atoms with Gasteiger partial charge in [-0.15, -0.1) is 0 Å². The normalized spacial score (nSPS) is 27.9. The molecule has 15 heavy (non-hydrogen) atoms. The molecule has 2 fully saturated rings. The highest BCUT2D eigenvalue weighted by Gasteiger charge is 2.31. The molecule has 1 atom stereocenters. The molecule has 2 saturated heterocycles. The Morgan fingerprint density at radius 1 is 1.33 bits per heavy atom. The second-order valence-corrected chi connectivity index (χ2v) is 4.29. The summed E-state index contributed by atoms with van der Waals surface area (Å²) in [5, 5.41) is 2.72. The largest absolute Gasteiger partial charge is 0.344 e. The molecule has 0 radical (unpaired) electrons. The van der Waals surface area contributed by atoms with E-state index >= 15 is 0 Å². The van der Waals surface area contributed by atoms with E-state index in [2.05, 4.69) is 17.3 Å². The van der Waals surface area contributed by atoms with Gasteiger partial charge in [0.15, 0.2) is 0 Å². The Morgan fingerprint density at radius 3 is 2.53 bits per heavy atom. The number of carbonyl (C=O) groups is 2. The summed E-state index contributed by atoms with van der Waals surface area (Å²) < 4.78 is 0. The number of nitrogens with zero attached hydrogens (tertiary/aromatic N) is 2. The standard InChI is InChI=1S/C10H17N3O2/c1-12-4-6-13(7-5-12)10(15)8-2-3-9(14)11-8/h8H,2-7H2,1H3,(H,11,14)/t8-/m1/s1. The molecule has 5 heteroatoms. The Bertz CT molecular complexity index is 272. The fourth-order valence-electron chi connectivity index (χ4n) is 2.05. The molecule has 84 valence electrons. The zero-order valence-electron chi connectivity index (χ0n) is 9.03. The number of piperazine rings is 1. The molecule has 0 aromatic rings. The Balaban J connectivity index is 1.88. The van der Waals surface area contributed by atoms with Gasteiger partial charge in [0.1, 0.15) is 6.04 Å². The van der Waals surface area contributed by atoms with E-state index in [1.165, 1.54) is 0 Å². The van der Waals surface area contributed by atoms with Crippen molar-refractivity contribution in [3.8, 4) is 0 Å². The van der Waals surface area contributed by atoms with Crippen molar-refractivity contribution in [2.24, 2.45) is 0 Å². The molecule has 2 aliphatic heterocycles. The number of carbonyl (C=O) groups excluding carboxylic acids is 2. The van der Waals surface area contributed by atoms with Crippen molar-refractivity contribution in [3.63, 3.8) is 0 Å². The van der Waals surface area contributed by atoms with E-state index in [9.17, 15) is 9.59 Å². The first-order chi connectivity index (χ1) is 7.16. The van der Waals surface area contributed by atoms with Crippen LogP contribution >= 0.6 is 0 Å². The lowest BCUT2D eigenvalue weighted by atomic mass is 10.2. The molecule has 0 aliphatic carbocycles. The molecule has 0 aromatic heterocycles. The van der Waals surface area contributed by atoms with Crippen LogP contribution in [0.1, 0.15) is 12.8 Å². The van der Waals surface area contributed by atoms with E-state index in [0.29, 0.717) is 12.8 Å². The van der Waals surface area contributed by atoms with Gasteiger partial charge in [-0.05, 0) is 13.5 Å². The van der Waals surface area contributed by atoms with Crippen LogP contribution in [0.15, 0.2) is 0 Å². The average molecular weight is 211 g/mol. The van der Waals surface area contributed by atoms with Gasteiger partial charge in [-0.2, -0.15) is 0 Å². The quantitative estimate of drug-likeness (QED) is 0.608. The Labute approximate surface area is 89.4 Å². The summed E-state index contributed by atoms with van der Waals surface area (Å²) in [6, 6.07) is -0.263. The maximum Gasteiger partial charge on any atom is 0.245 e. The first-order valence-electron chi connectivity index (χ1n) is 5.43. The van der Waals surface area contributed by atoms with Crippen molar-refractivity contribution in [1.29, 1.82) is 0 Å². The lowest BCUT2D eigenvalue weighted by Crippen LogP contribution is -2.52. The Hall–Kier alpha value is -1.10. The first kappa shape index (κ1) is 10.4. The van der Waals surface area contributed by atoms with Crippen molar-refractivity contribution >= 4 is 11.8 Å². The highest BCUT2D eigenvalue weighted by atomic mass is 16.2. The van der Waals surface area contributed by atoms with Crippen LogP contribution in [-0.4, -0.2) is 60.9 Å². The van der Waals surface area contributed by atoms with Crippen molar-refractivity contribution in [1.82, 2.24) is 15.1 Å². The minimum Gasteiger partial charge on any atom is -0.344 e. The number of rotatable bonds is 1. The molecule has 0 unspecified atom stereocenters. The SMILES string of the molecule is CN1CCN(C(=O)[C@H]2CCC(=O)N2)CC1. The van der Waals surface area contributed by atoms with Gasteiger partial charge in [-0.3, -0.25) is 9.59 Å². The third kappa shape index (κ3) is 2.28. The topological polar surface area (TPSA) is 52.7 Å². The second kappa shape index (κ2) is 4.18. The molecular formula is C10H17N3O2. The van der Waals surface area contributed by atoms with E-state index in [4.69, 9.17) is 0 Å². The summed E-state index contributed by atoms with van der Waals surface area (Å²) in [6.45, 7) is 3.40. The van der Waals surface area contributed by atoms with Crippen LogP contribution in [0.4, 0.5) is 0 Å². The van der Waals surface area contributed by atoms with E-state index in [1.54, 1.807) is 0 Å². The van der Waals surface area contributed by atoms with Gasteiger partial charge in [0.2, 0.25) is 11.8 Å². The monoisotopic (exact) mass is 211 g/mol. The molecule has 2 rings (SSSR count). The smallest absolute Gasteiger partial charge is 0.245 e. The van der Waals surface area contributed by atoms with E-state index in [-0.39, 0.29) is 17.9 Å². The number of hydrogen-bond acceptors (Lipinski definition) is 3. The first-order valence-corrected chi connectivity index (χ1v) is 5.43. The van der Waals surface area contributed by atoms with E-state index in [1.807, 2.05) is 4.90 Å². The fourth-order valence-corrected chi connectivity index (χ4v) is 2.05. The van der Waals surface area contributed by atoms with Crippen LogP contribution in [0.5, 0.6) is 0 Å². The average Bonchev–Trinajstić information content (AvgIpc) is 2.65. The number of likely N-dealkylation sites (N-methyl/N-ethyl adjacent to an activating group) is 1. The molecule has 2 aliphatic rings. The van der Waals surface area contributed by atoms with Gasteiger partial charge >= 0.3 is 0 Å². The van der Waals surface area contributed by atoms with Crippen LogP contribution in [0.2, 0.25) is 0 Å². The predicted molar refractivity (Wildman–Crippen MR) is 55.2 cm³/mol. The van der Waals surface area contributed by atoms with Gasteiger partial charge in [0.05, 0.1) is 0 Å². The molecule has 0 spiro atoms. The highest BCUT2D eigenvalue weighted by Crippen LogP contribution is 2.11. The van der Waals surface area contributed by atoms with Gasteiger partial charge in [0.25, 0.3) is 0 Å². The summed E-state index contributed by atoms with van der Waals surface area (Å²) in [6.07, 6.45) is 1.15. The summed E-state index contributed by atoms with van der Waals surface area (Å²) in [5.74, 6) is 0.0939. The summed E-state index contributed by atoms with van der Waals surface area (Å²) in [4.78, 5) is 27.0. The molecule has 1 N–H and O–H groups in total. The third-order valence-corrected chi connectivity index (χ3v) is 3.11. The van der Waals surface area contributed by atoms with Crippen LogP contribution in [0, 0.1) is 0 Å². The minimum atomic E-state index is -0.263. The second-order valence-electron chi connectivity index (χ2n) is 4.29. The highest BCUT2D eigenvalue weighted by molar-refractivity contribution is 5.90. The number of nitrogens with one attached hydrogen (secondary N) is 1. The zero-order chi connectivity index (χ0) is 10.8. The summed E-state index contributed by atoms with van der Waals surface area (Å²) >= 11 is 0. The van der Waals surface area contributed by atoms with Gasteiger partial charge in [-0.25, -0.2) is 0 Å². The van der Waals surface area contributed by atoms with Gasteiger partial charge in [0, 0.05) is 32.6 Å². The van der Waals surface area contributed by atoms with Crippen molar-refractivity contribution in [3.05, 3.63) is 0 Å². The zero-order valence-corrected chi connectivity index (χ0v) is 9.03. The maximum atomic E-state index is 11.9. The molecule has 5 nitrogen and oxygen atoms in total. The van der Waals surface area contributed by atoms with Crippen LogP contribution in [0.3, 0.4) is 0 Å². The Morgan fingerprint density at radius 2 is 2.00 bits per heavy atom. The maximum absolute atomic E-state index is 11.9. The lowest BCUT2D eigenvalue weighted by Gasteiger charge is -2.33. The number of amides is 2. The van der Waals surface area contributed by atoms with Crippen LogP contribution in [-0.2, 0) is 9.59 Å². The van der Waals surface area contributed by atoms with Crippen LogP contribution < -0.4 is 5.32 Å². The van der Waals surface area contributed by atoms with Crippen LogP contribution in [0.25, 0.3) is 0 Å². The van der Waals surface area contributed by atoms with Crippen molar-refractivity contribution < 1.29 is 9.59 Å². The minimum absolute atomic E-state index is 0.00229. The fraction of sp³-hybridized carbons (Fsp3) is 0.800. The number of hydrogen-bond donors (Lipinski definition) is 1. The van der Waals surface area contributed by atoms with Crippen molar-refractivity contribution in [2.45, 2.75) is 18.9 Å². The van der Waals surface area contributed by atoms with E-state index in [0.717, 1.165) is 26.2 Å². The Kier molecular flexibility index (Phi) is 2.90. The molecule has 0 aromatic carbocycles. The molecule has 0 saturated carbocycles. The van der Waals surface area contributed by atoms with Gasteiger partial charge in [-0.1, -0.05) is 0 Å². The molecule has 0 bridgehead atoms. The van der Waals surface area contributed by atoms with E-state index < -0.39 is 0 Å². The molecule has 2 heterocycles. The van der Waals surface area contributed by atoms with Crippen molar-refractivity contribution in [2.75, 3.05) is 33.2 Å². The third-order valence-electron chi connectivity index (χ3n) is 3.11.